The van der Waals surface area contributed by atoms with Gasteiger partial charge in [0.25, 0.3) is 0 Å². The Morgan fingerprint density at radius 2 is 1.81 bits per heavy atom. The van der Waals surface area contributed by atoms with Gasteiger partial charge in [0.05, 0.1) is 5.39 Å². The third-order valence-electron chi connectivity index (χ3n) is 6.54. The summed E-state index contributed by atoms with van der Waals surface area (Å²) < 4.78 is 0. The molecule has 0 saturated heterocycles. The van der Waals surface area contributed by atoms with Crippen LogP contribution >= 0.6 is 22.9 Å². The average molecular weight is 392 g/mol. The number of rotatable bonds is 2. The van der Waals surface area contributed by atoms with Crippen molar-refractivity contribution in [3.05, 3.63) is 15.7 Å². The van der Waals surface area contributed by atoms with Gasteiger partial charge < -0.3 is 4.90 Å². The second kappa shape index (κ2) is 6.94. The summed E-state index contributed by atoms with van der Waals surface area (Å²) in [5.74, 6) is 1.81. The van der Waals surface area contributed by atoms with E-state index in [1.54, 1.807) is 0 Å². The highest BCUT2D eigenvalue weighted by atomic mass is 35.5. The summed E-state index contributed by atoms with van der Waals surface area (Å²) in [7, 11) is 2.21. The van der Waals surface area contributed by atoms with Crippen LogP contribution < -0.4 is 4.90 Å². The van der Waals surface area contributed by atoms with Crippen LogP contribution in [0.4, 0.5) is 5.82 Å². The van der Waals surface area contributed by atoms with E-state index in [-0.39, 0.29) is 0 Å². The smallest absolute Gasteiger partial charge is 0.225 e. The monoisotopic (exact) mass is 391 g/mol. The lowest BCUT2D eigenvalue weighted by atomic mass is 9.72. The molecule has 4 rings (SSSR count). The minimum atomic E-state index is 0.360. The first-order valence-electron chi connectivity index (χ1n) is 10.0. The van der Waals surface area contributed by atoms with Crippen LogP contribution in [0.3, 0.4) is 0 Å². The predicted octanol–water partition coefficient (Wildman–Crippen LogP) is 6.26. The van der Waals surface area contributed by atoms with Crippen LogP contribution in [0.5, 0.6) is 0 Å². The highest BCUT2D eigenvalue weighted by molar-refractivity contribution is 7.19. The third kappa shape index (κ3) is 3.35. The molecule has 2 aromatic heterocycles. The molecule has 2 heterocycles. The molecule has 5 heteroatoms. The van der Waals surface area contributed by atoms with Crippen molar-refractivity contribution >= 4 is 39.0 Å². The first kappa shape index (κ1) is 18.5. The van der Waals surface area contributed by atoms with Crippen LogP contribution in [0.15, 0.2) is 0 Å². The number of hydrogen-bond donors (Lipinski definition) is 0. The molecule has 2 aromatic rings. The maximum atomic E-state index is 6.33. The molecule has 1 saturated carbocycles. The molecular weight excluding hydrogens is 362 g/mol. The number of halogens is 1. The first-order chi connectivity index (χ1) is 12.3. The predicted molar refractivity (Wildman–Crippen MR) is 113 cm³/mol. The van der Waals surface area contributed by atoms with Crippen LogP contribution in [0.25, 0.3) is 10.2 Å². The summed E-state index contributed by atoms with van der Waals surface area (Å²) in [6.45, 7) is 7.11. The number of aromatic nitrogens is 2. The van der Waals surface area contributed by atoms with Crippen LogP contribution in [-0.4, -0.2) is 23.1 Å². The lowest BCUT2D eigenvalue weighted by molar-refractivity contribution is 0.218. The highest BCUT2D eigenvalue weighted by Gasteiger charge is 2.33. The lowest BCUT2D eigenvalue weighted by Crippen LogP contribution is -2.34. The van der Waals surface area contributed by atoms with Crippen molar-refractivity contribution in [2.24, 2.45) is 11.3 Å². The number of aryl methyl sites for hydroxylation is 1. The molecule has 0 amide bonds. The number of thiophene rings is 1. The highest BCUT2D eigenvalue weighted by Crippen LogP contribution is 2.45. The van der Waals surface area contributed by atoms with Gasteiger partial charge in [-0.3, -0.25) is 0 Å². The maximum absolute atomic E-state index is 6.33. The third-order valence-corrected chi connectivity index (χ3v) is 7.86. The summed E-state index contributed by atoms with van der Waals surface area (Å²) in [4.78, 5) is 14.3. The van der Waals surface area contributed by atoms with Gasteiger partial charge in [-0.25, -0.2) is 4.98 Å². The molecule has 142 valence electrons. The fraction of sp³-hybridized carbons (Fsp3) is 0.714. The van der Waals surface area contributed by atoms with Crippen molar-refractivity contribution < 1.29 is 0 Å². The zero-order valence-electron chi connectivity index (χ0n) is 16.4. The number of hydrogen-bond acceptors (Lipinski definition) is 4. The van der Waals surface area contributed by atoms with E-state index in [4.69, 9.17) is 16.6 Å². The first-order valence-corrected chi connectivity index (χ1v) is 11.2. The minimum Gasteiger partial charge on any atom is -0.356 e. The Morgan fingerprint density at radius 1 is 1.08 bits per heavy atom. The normalized spacial score (nSPS) is 21.8. The molecule has 1 unspecified atom stereocenters. The summed E-state index contributed by atoms with van der Waals surface area (Å²) in [6.07, 6.45) is 10.1. The Kier molecular flexibility index (Phi) is 4.94. The minimum absolute atomic E-state index is 0.360. The van der Waals surface area contributed by atoms with Crippen LogP contribution in [0, 0.1) is 11.3 Å². The molecule has 0 N–H and O–H groups in total. The Bertz CT molecular complexity index is 802. The zero-order valence-corrected chi connectivity index (χ0v) is 18.0. The zero-order chi connectivity index (χ0) is 18.5. The maximum Gasteiger partial charge on any atom is 0.225 e. The standard InChI is InChI=1S/C21H30ClN3S/c1-21(2,3)13-10-11-15-16(12-13)26-19-17(15)18(23-20(22)24-19)25(4)14-8-6-5-7-9-14/h13-14H,5-12H2,1-4H3. The molecule has 26 heavy (non-hydrogen) atoms. The van der Waals surface area contributed by atoms with Crippen molar-refractivity contribution in [2.75, 3.05) is 11.9 Å². The van der Waals surface area contributed by atoms with Crippen molar-refractivity contribution in [2.45, 2.75) is 78.2 Å². The summed E-state index contributed by atoms with van der Waals surface area (Å²) in [5.41, 5.74) is 1.86. The molecule has 3 nitrogen and oxygen atoms in total. The molecule has 0 bridgehead atoms. The Hall–Kier alpha value is -0.870. The fourth-order valence-electron chi connectivity index (χ4n) is 4.77. The second-order valence-electron chi connectivity index (χ2n) is 9.21. The van der Waals surface area contributed by atoms with E-state index in [0.717, 1.165) is 23.0 Å². The molecule has 0 spiro atoms. The Labute approximate surface area is 166 Å². The van der Waals surface area contributed by atoms with Gasteiger partial charge in [-0.15, -0.1) is 11.3 Å². The van der Waals surface area contributed by atoms with E-state index in [1.165, 1.54) is 60.8 Å². The second-order valence-corrected chi connectivity index (χ2v) is 10.6. The van der Waals surface area contributed by atoms with Crippen LogP contribution in [-0.2, 0) is 12.8 Å². The van der Waals surface area contributed by atoms with Gasteiger partial charge in [0.1, 0.15) is 10.6 Å². The molecule has 2 aliphatic rings. The van der Waals surface area contributed by atoms with Crippen LogP contribution in [0.2, 0.25) is 5.28 Å². The largest absolute Gasteiger partial charge is 0.356 e. The van der Waals surface area contributed by atoms with Gasteiger partial charge >= 0.3 is 0 Å². The molecule has 1 fully saturated rings. The topological polar surface area (TPSA) is 29.0 Å². The van der Waals surface area contributed by atoms with Gasteiger partial charge in [0.15, 0.2) is 0 Å². The number of anilines is 1. The van der Waals surface area contributed by atoms with E-state index in [2.05, 4.69) is 37.7 Å². The van der Waals surface area contributed by atoms with E-state index >= 15 is 0 Å². The Morgan fingerprint density at radius 3 is 2.50 bits per heavy atom. The van der Waals surface area contributed by atoms with Crippen molar-refractivity contribution in [3.8, 4) is 0 Å². The summed E-state index contributed by atoms with van der Waals surface area (Å²) in [5, 5.41) is 1.68. The van der Waals surface area contributed by atoms with Gasteiger partial charge in [-0.05, 0) is 60.6 Å². The lowest BCUT2D eigenvalue weighted by Gasteiger charge is -2.34. The number of nitrogens with zero attached hydrogens (tertiary/aromatic N) is 3. The van der Waals surface area contributed by atoms with Crippen molar-refractivity contribution in [1.29, 1.82) is 0 Å². The van der Waals surface area contributed by atoms with Crippen molar-refractivity contribution in [3.63, 3.8) is 0 Å². The molecular formula is C21H30ClN3S. The van der Waals surface area contributed by atoms with Crippen molar-refractivity contribution in [1.82, 2.24) is 9.97 Å². The van der Waals surface area contributed by atoms with E-state index in [9.17, 15) is 0 Å². The van der Waals surface area contributed by atoms with Crippen LogP contribution in [0.1, 0.15) is 69.7 Å². The quantitative estimate of drug-likeness (QED) is 0.565. The fourth-order valence-corrected chi connectivity index (χ4v) is 6.28. The molecule has 0 radical (unpaired) electrons. The van der Waals surface area contributed by atoms with Gasteiger partial charge in [0.2, 0.25) is 5.28 Å². The van der Waals surface area contributed by atoms with Gasteiger partial charge in [-0.2, -0.15) is 4.98 Å². The van der Waals surface area contributed by atoms with E-state index < -0.39 is 0 Å². The molecule has 0 aromatic carbocycles. The van der Waals surface area contributed by atoms with Gasteiger partial charge in [0, 0.05) is 18.0 Å². The summed E-state index contributed by atoms with van der Waals surface area (Å²) in [6, 6.07) is 0.583. The SMILES string of the molecule is CN(c1nc(Cl)nc2sc3c(c12)CCC(C(C)(C)C)C3)C1CCCCC1. The van der Waals surface area contributed by atoms with E-state index in [1.807, 2.05) is 11.3 Å². The molecule has 2 aliphatic carbocycles. The van der Waals surface area contributed by atoms with E-state index in [0.29, 0.717) is 16.7 Å². The Balaban J connectivity index is 1.76. The average Bonchev–Trinajstić information content (AvgIpc) is 2.97. The van der Waals surface area contributed by atoms with Gasteiger partial charge in [-0.1, -0.05) is 40.0 Å². The molecule has 0 aliphatic heterocycles. The molecule has 1 atom stereocenters. The number of fused-ring (bicyclic) bond motifs is 3. The summed E-state index contributed by atoms with van der Waals surface area (Å²) >= 11 is 8.18.